The van der Waals surface area contributed by atoms with Crippen LogP contribution >= 0.6 is 0 Å². The second kappa shape index (κ2) is 10.7. The monoisotopic (exact) mass is 488 g/mol. The quantitative estimate of drug-likeness (QED) is 0.304. The van der Waals surface area contributed by atoms with Crippen LogP contribution < -0.4 is 16.0 Å². The van der Waals surface area contributed by atoms with E-state index in [0.29, 0.717) is 31.4 Å². The molecule has 2 aliphatic heterocycles. The Balaban J connectivity index is 1.51. The maximum absolute atomic E-state index is 12.9. The molecule has 35 heavy (non-hydrogen) atoms. The highest BCUT2D eigenvalue weighted by Gasteiger charge is 2.39. The lowest BCUT2D eigenvalue weighted by Gasteiger charge is -2.29. The van der Waals surface area contributed by atoms with Gasteiger partial charge in [0.05, 0.1) is 0 Å². The predicted molar refractivity (Wildman–Crippen MR) is 126 cm³/mol. The number of ether oxygens (including phenoxy) is 1. The Hall–Kier alpha value is -3.63. The molecule has 0 spiro atoms. The van der Waals surface area contributed by atoms with E-state index in [2.05, 4.69) is 16.0 Å². The summed E-state index contributed by atoms with van der Waals surface area (Å²) in [6, 6.07) is 3.60. The lowest BCUT2D eigenvalue weighted by atomic mass is 10.0. The number of amides is 4. The van der Waals surface area contributed by atoms with Crippen LogP contribution in [0.5, 0.6) is 0 Å². The lowest BCUT2D eigenvalue weighted by molar-refractivity contribution is -0.140. The van der Waals surface area contributed by atoms with Crippen LogP contribution in [0.3, 0.4) is 0 Å². The van der Waals surface area contributed by atoms with E-state index < -0.39 is 35.7 Å². The van der Waals surface area contributed by atoms with Crippen molar-refractivity contribution in [3.8, 4) is 0 Å². The molecule has 4 N–H and O–H groups in total. The van der Waals surface area contributed by atoms with Gasteiger partial charge in [0.2, 0.25) is 11.8 Å². The number of nitrogens with one attached hydrogen (secondary N) is 3. The highest BCUT2D eigenvalue weighted by molar-refractivity contribution is 6.06. The number of unbranched alkanes of at least 4 members (excludes halogenated alkanes) is 1. The van der Waals surface area contributed by atoms with Crippen molar-refractivity contribution < 1.29 is 33.8 Å². The SMILES string of the molecule is CC(C)(C)OC(=O)N[C@@H](CCCCNc1cccc2c1CN(C1CCC(=O)NC1=O)C2=O)C(=O)O. The molecule has 2 atom stereocenters. The molecule has 2 heterocycles. The maximum atomic E-state index is 12.9. The zero-order valence-corrected chi connectivity index (χ0v) is 20.2. The third kappa shape index (κ3) is 6.71. The average Bonchev–Trinajstić information content (AvgIpc) is 3.08. The van der Waals surface area contributed by atoms with E-state index >= 15 is 0 Å². The molecule has 4 amide bonds. The molecule has 1 saturated heterocycles. The van der Waals surface area contributed by atoms with Crippen molar-refractivity contribution in [2.24, 2.45) is 0 Å². The molecule has 1 aromatic carbocycles. The topological polar surface area (TPSA) is 154 Å². The molecule has 1 fully saturated rings. The van der Waals surface area contributed by atoms with E-state index in [4.69, 9.17) is 4.74 Å². The van der Waals surface area contributed by atoms with Gasteiger partial charge < -0.3 is 25.4 Å². The third-order valence-corrected chi connectivity index (χ3v) is 5.81. The molecule has 0 aliphatic carbocycles. The number of imide groups is 1. The number of carbonyl (C=O) groups is 5. The highest BCUT2D eigenvalue weighted by atomic mass is 16.6. The van der Waals surface area contributed by atoms with Crippen molar-refractivity contribution in [3.05, 3.63) is 29.3 Å². The summed E-state index contributed by atoms with van der Waals surface area (Å²) in [6.45, 7) is 5.90. The van der Waals surface area contributed by atoms with Gasteiger partial charge in [-0.15, -0.1) is 0 Å². The number of hydrogen-bond donors (Lipinski definition) is 4. The molecule has 0 radical (unpaired) electrons. The molecule has 1 aromatic rings. The van der Waals surface area contributed by atoms with Gasteiger partial charge in [0.1, 0.15) is 17.7 Å². The summed E-state index contributed by atoms with van der Waals surface area (Å²) < 4.78 is 5.12. The smallest absolute Gasteiger partial charge is 0.408 e. The minimum absolute atomic E-state index is 0.196. The van der Waals surface area contributed by atoms with Crippen molar-refractivity contribution in [2.45, 2.75) is 77.1 Å². The number of aliphatic carboxylic acids is 1. The van der Waals surface area contributed by atoms with E-state index in [1.54, 1.807) is 32.9 Å². The third-order valence-electron chi connectivity index (χ3n) is 5.81. The second-order valence-corrected chi connectivity index (χ2v) is 9.69. The van der Waals surface area contributed by atoms with Gasteiger partial charge in [0.15, 0.2) is 0 Å². The normalized spacial score (nSPS) is 18.5. The summed E-state index contributed by atoms with van der Waals surface area (Å²) in [5.74, 6) is -2.15. The number of carbonyl (C=O) groups excluding carboxylic acids is 4. The largest absolute Gasteiger partial charge is 0.480 e. The first-order valence-electron chi connectivity index (χ1n) is 11.7. The van der Waals surface area contributed by atoms with Crippen LogP contribution in [0.15, 0.2) is 18.2 Å². The van der Waals surface area contributed by atoms with E-state index in [1.807, 2.05) is 6.07 Å². The number of nitrogens with zero attached hydrogens (tertiary/aromatic N) is 1. The first-order chi connectivity index (χ1) is 16.5. The van der Waals surface area contributed by atoms with Crippen LogP contribution in [0.4, 0.5) is 10.5 Å². The first kappa shape index (κ1) is 26.0. The van der Waals surface area contributed by atoms with Crippen molar-refractivity contribution in [2.75, 3.05) is 11.9 Å². The van der Waals surface area contributed by atoms with Crippen LogP contribution in [-0.4, -0.2) is 64.0 Å². The standard InChI is InChI=1S/C24H32N4O7/c1-24(2,3)35-23(34)26-17(22(32)33)8-4-5-12-25-16-9-6-7-14-15(16)13-28(21(14)31)18-10-11-19(29)27-20(18)30/h6-7,9,17-18,25H,4-5,8,10-13H2,1-3H3,(H,26,34)(H,32,33)(H,27,29,30)/t17-,18?/m0/s1. The number of carboxylic acids is 1. The molecular formula is C24H32N4O7. The Kier molecular flexibility index (Phi) is 7.98. The van der Waals surface area contributed by atoms with Gasteiger partial charge in [0.25, 0.3) is 5.91 Å². The number of carboxylic acid groups (broad SMARTS) is 1. The average molecular weight is 489 g/mol. The summed E-state index contributed by atoms with van der Waals surface area (Å²) in [4.78, 5) is 61.4. The van der Waals surface area contributed by atoms with Gasteiger partial charge in [0, 0.05) is 36.3 Å². The Morgan fingerprint density at radius 2 is 1.97 bits per heavy atom. The van der Waals surface area contributed by atoms with Crippen molar-refractivity contribution >= 4 is 35.5 Å². The van der Waals surface area contributed by atoms with Crippen molar-refractivity contribution in [1.29, 1.82) is 0 Å². The Bertz CT molecular complexity index is 1020. The van der Waals surface area contributed by atoms with Crippen LogP contribution in [0.25, 0.3) is 0 Å². The predicted octanol–water partition coefficient (Wildman–Crippen LogP) is 2.01. The van der Waals surface area contributed by atoms with Gasteiger partial charge in [-0.2, -0.15) is 0 Å². The number of hydrogen-bond acceptors (Lipinski definition) is 7. The number of fused-ring (bicyclic) bond motifs is 1. The van der Waals surface area contributed by atoms with Crippen LogP contribution in [-0.2, 0) is 25.7 Å². The van der Waals surface area contributed by atoms with E-state index in [0.717, 1.165) is 11.3 Å². The van der Waals surface area contributed by atoms with Crippen LogP contribution in [0.2, 0.25) is 0 Å². The first-order valence-corrected chi connectivity index (χ1v) is 11.7. The number of alkyl carbamates (subject to hydrolysis) is 1. The second-order valence-electron chi connectivity index (χ2n) is 9.69. The highest BCUT2D eigenvalue weighted by Crippen LogP contribution is 2.32. The van der Waals surface area contributed by atoms with E-state index in [1.165, 1.54) is 4.90 Å². The Morgan fingerprint density at radius 3 is 2.63 bits per heavy atom. The van der Waals surface area contributed by atoms with Crippen molar-refractivity contribution in [3.63, 3.8) is 0 Å². The van der Waals surface area contributed by atoms with Gasteiger partial charge in [-0.1, -0.05) is 6.07 Å². The fourth-order valence-corrected chi connectivity index (χ4v) is 4.15. The number of rotatable bonds is 9. The molecule has 0 saturated carbocycles. The summed E-state index contributed by atoms with van der Waals surface area (Å²) in [6.07, 6.45) is 1.14. The zero-order valence-electron chi connectivity index (χ0n) is 20.2. The van der Waals surface area contributed by atoms with Gasteiger partial charge >= 0.3 is 12.1 Å². The molecular weight excluding hydrogens is 456 g/mol. The van der Waals surface area contributed by atoms with E-state index in [9.17, 15) is 29.1 Å². The molecule has 190 valence electrons. The Labute approximate surface area is 203 Å². The lowest BCUT2D eigenvalue weighted by Crippen LogP contribution is -2.52. The molecule has 11 heteroatoms. The fraction of sp³-hybridized carbons (Fsp3) is 0.542. The maximum Gasteiger partial charge on any atom is 0.408 e. The van der Waals surface area contributed by atoms with Crippen LogP contribution in [0, 0.1) is 0 Å². The van der Waals surface area contributed by atoms with E-state index in [-0.39, 0.29) is 31.2 Å². The van der Waals surface area contributed by atoms with Crippen LogP contribution in [0.1, 0.15) is 68.8 Å². The minimum atomic E-state index is -1.13. The molecule has 0 aromatic heterocycles. The molecule has 2 aliphatic rings. The summed E-state index contributed by atoms with van der Waals surface area (Å²) in [7, 11) is 0. The van der Waals surface area contributed by atoms with Gasteiger partial charge in [-0.25, -0.2) is 9.59 Å². The molecule has 3 rings (SSSR count). The molecule has 1 unspecified atom stereocenters. The van der Waals surface area contributed by atoms with Gasteiger partial charge in [-0.05, 0) is 58.6 Å². The number of benzene rings is 1. The number of anilines is 1. The van der Waals surface area contributed by atoms with Gasteiger partial charge in [-0.3, -0.25) is 19.7 Å². The zero-order chi connectivity index (χ0) is 25.8. The fourth-order valence-electron chi connectivity index (χ4n) is 4.15. The Morgan fingerprint density at radius 1 is 1.23 bits per heavy atom. The summed E-state index contributed by atoms with van der Waals surface area (Å²) >= 11 is 0. The summed E-state index contributed by atoms with van der Waals surface area (Å²) in [5, 5.41) is 17.3. The minimum Gasteiger partial charge on any atom is -0.480 e. The van der Waals surface area contributed by atoms with Crippen molar-refractivity contribution in [1.82, 2.24) is 15.5 Å². The molecule has 0 bridgehead atoms. The summed E-state index contributed by atoms with van der Waals surface area (Å²) in [5.41, 5.74) is 1.36. The number of piperidine rings is 1. The molecule has 11 nitrogen and oxygen atoms in total.